The molecule has 0 spiro atoms. The molecule has 266 valence electrons. The van der Waals surface area contributed by atoms with Crippen LogP contribution in [0.5, 0.6) is 0 Å². The van der Waals surface area contributed by atoms with Gasteiger partial charge in [0.25, 0.3) is 0 Å². The molecule has 1 fully saturated rings. The van der Waals surface area contributed by atoms with E-state index in [0.717, 1.165) is 0 Å². The number of benzene rings is 3. The molecule has 0 aromatic heterocycles. The second-order valence-corrected chi connectivity index (χ2v) is 15.9. The summed E-state index contributed by atoms with van der Waals surface area (Å²) in [7, 11) is -1.60. The summed E-state index contributed by atoms with van der Waals surface area (Å²) in [6.07, 6.45) is -0.931. The molecular formula is C39H45NO8S2. The average Bonchev–Trinajstić information content (AvgIpc) is 3.12. The zero-order chi connectivity index (χ0) is 36.3. The molecule has 3 aromatic rings. The molecule has 1 heterocycles. The van der Waals surface area contributed by atoms with Gasteiger partial charge in [0.05, 0.1) is 38.5 Å². The lowest BCUT2D eigenvalue weighted by Crippen LogP contribution is -2.66. The molecule has 4 rings (SSSR count). The van der Waals surface area contributed by atoms with Gasteiger partial charge in [0.1, 0.15) is 11.5 Å². The van der Waals surface area contributed by atoms with Gasteiger partial charge in [-0.15, -0.1) is 24.9 Å². The van der Waals surface area contributed by atoms with Gasteiger partial charge >= 0.3 is 17.9 Å². The number of hydrogen-bond donors (Lipinski definition) is 1. The first kappa shape index (κ1) is 38.8. The lowest BCUT2D eigenvalue weighted by atomic mass is 9.88. The van der Waals surface area contributed by atoms with Crippen molar-refractivity contribution in [2.24, 2.45) is 5.92 Å². The van der Waals surface area contributed by atoms with E-state index >= 15 is 0 Å². The first-order valence-corrected chi connectivity index (χ1v) is 18.6. The van der Waals surface area contributed by atoms with Crippen molar-refractivity contribution in [3.63, 3.8) is 0 Å². The van der Waals surface area contributed by atoms with Crippen molar-refractivity contribution in [1.82, 2.24) is 4.72 Å². The van der Waals surface area contributed by atoms with Gasteiger partial charge in [0.15, 0.2) is 18.3 Å². The summed E-state index contributed by atoms with van der Waals surface area (Å²) in [5, 5.41) is 0. The highest BCUT2D eigenvalue weighted by Crippen LogP contribution is 2.38. The second-order valence-electron chi connectivity index (χ2n) is 12.7. The smallest absolute Gasteiger partial charge is 0.338 e. The van der Waals surface area contributed by atoms with Crippen LogP contribution in [0.15, 0.2) is 116 Å². The zero-order valence-corrected chi connectivity index (χ0v) is 30.4. The topological polar surface area (TPSA) is 117 Å². The Morgan fingerprint density at radius 1 is 0.800 bits per heavy atom. The molecule has 9 nitrogen and oxygen atoms in total. The van der Waals surface area contributed by atoms with Crippen molar-refractivity contribution in [3.8, 4) is 0 Å². The lowest BCUT2D eigenvalue weighted by Gasteiger charge is -2.48. The monoisotopic (exact) mass is 719 g/mol. The van der Waals surface area contributed by atoms with Gasteiger partial charge in [-0.1, -0.05) is 73.7 Å². The Balaban J connectivity index is 1.89. The Morgan fingerprint density at radius 3 is 1.66 bits per heavy atom. The van der Waals surface area contributed by atoms with E-state index in [1.165, 1.54) is 11.8 Å². The van der Waals surface area contributed by atoms with E-state index in [-0.39, 0.29) is 22.6 Å². The quantitative estimate of drug-likeness (QED) is 0.0772. The largest absolute Gasteiger partial charge is 0.452 e. The molecule has 0 bridgehead atoms. The fourth-order valence-electron chi connectivity index (χ4n) is 5.14. The minimum Gasteiger partial charge on any atom is -0.452 e. The summed E-state index contributed by atoms with van der Waals surface area (Å²) in [6, 6.07) is 24.4. The van der Waals surface area contributed by atoms with Crippen molar-refractivity contribution >= 4 is 40.7 Å². The molecular weight excluding hydrogens is 675 g/mol. The summed E-state index contributed by atoms with van der Waals surface area (Å²) < 4.78 is 41.6. The molecule has 0 amide bonds. The van der Waals surface area contributed by atoms with Crippen LogP contribution >= 0.6 is 11.8 Å². The summed E-state index contributed by atoms with van der Waals surface area (Å²) in [5.41, 5.74) is -0.136. The highest BCUT2D eigenvalue weighted by atomic mass is 32.2. The van der Waals surface area contributed by atoms with Gasteiger partial charge in [-0.25, -0.2) is 23.3 Å². The average molecular weight is 720 g/mol. The molecule has 1 aliphatic rings. The Hall–Kier alpha value is -4.03. The van der Waals surface area contributed by atoms with Crippen LogP contribution in [0.1, 0.15) is 65.2 Å². The van der Waals surface area contributed by atoms with Gasteiger partial charge in [0.2, 0.25) is 0 Å². The van der Waals surface area contributed by atoms with Crippen molar-refractivity contribution in [2.75, 3.05) is 5.75 Å². The number of esters is 3. The molecule has 0 unspecified atom stereocenters. The van der Waals surface area contributed by atoms with Crippen molar-refractivity contribution in [3.05, 3.63) is 133 Å². The first-order chi connectivity index (χ1) is 23.9. The second kappa shape index (κ2) is 18.3. The summed E-state index contributed by atoms with van der Waals surface area (Å²) in [4.78, 5) is 41.3. The van der Waals surface area contributed by atoms with Crippen LogP contribution < -0.4 is 4.72 Å². The van der Waals surface area contributed by atoms with Crippen molar-refractivity contribution in [2.45, 2.75) is 74.8 Å². The maximum atomic E-state index is 13.8. The molecule has 8 atom stereocenters. The predicted octanol–water partition coefficient (Wildman–Crippen LogP) is 6.94. The third-order valence-electron chi connectivity index (χ3n) is 7.98. The van der Waals surface area contributed by atoms with E-state index in [9.17, 15) is 18.6 Å². The minimum atomic E-state index is -1.60. The maximum Gasteiger partial charge on any atom is 0.338 e. The van der Waals surface area contributed by atoms with E-state index in [0.29, 0.717) is 12.2 Å². The number of thioether (sulfide) groups is 1. The SMILES string of the molecule is C=CCCS[C@H]1O[C@H]([C@H](N[S@](=O)C(C)(C)C)[C@H](C)C=C)[C@H](OC(=O)c2ccccc2)[C@H](OC(=O)c2ccccc2)[C@H]1OC(=O)c1ccccc1. The Labute approximate surface area is 301 Å². The standard InChI is InChI=1S/C39H45NO8S2/c1-7-9-25-49-38-34(47-37(43)29-23-17-12-18-24-29)33(46-36(42)28-21-15-11-16-22-28)32(45-35(41)27-19-13-10-14-20-27)31(48-38)30(26(3)8-2)40-50(44)39(4,5)6/h7-8,10-24,26,30-34,38,40H,1-2,9,25H2,3-6H3/t26-,30-,31-,32+,33+,34-,38-,50-/m1/s1. The zero-order valence-electron chi connectivity index (χ0n) is 28.8. The fraction of sp³-hybridized carbons (Fsp3) is 0.359. The third kappa shape index (κ3) is 10.3. The van der Waals surface area contributed by atoms with E-state index in [1.54, 1.807) is 103 Å². The molecule has 50 heavy (non-hydrogen) atoms. The molecule has 0 saturated carbocycles. The number of carbonyl (C=O) groups excluding carboxylic acids is 3. The minimum absolute atomic E-state index is 0.246. The third-order valence-corrected chi connectivity index (χ3v) is 10.8. The first-order valence-electron chi connectivity index (χ1n) is 16.4. The molecule has 0 aliphatic carbocycles. The molecule has 3 aromatic carbocycles. The number of allylic oxidation sites excluding steroid dienone is 1. The Morgan fingerprint density at radius 2 is 1.24 bits per heavy atom. The van der Waals surface area contributed by atoms with Gasteiger partial charge in [-0.05, 0) is 75.3 Å². The van der Waals surface area contributed by atoms with E-state index in [1.807, 2.05) is 27.7 Å². The molecule has 1 N–H and O–H groups in total. The fourth-order valence-corrected chi connectivity index (χ4v) is 7.23. The highest BCUT2D eigenvalue weighted by Gasteiger charge is 2.55. The van der Waals surface area contributed by atoms with Crippen molar-refractivity contribution in [1.29, 1.82) is 0 Å². The van der Waals surface area contributed by atoms with E-state index in [4.69, 9.17) is 18.9 Å². The summed E-state index contributed by atoms with van der Waals surface area (Å²) in [6.45, 7) is 15.2. The maximum absolute atomic E-state index is 13.8. The molecule has 0 radical (unpaired) electrons. The number of rotatable bonds is 15. The van der Waals surface area contributed by atoms with Crippen LogP contribution in [0.3, 0.4) is 0 Å². The highest BCUT2D eigenvalue weighted by molar-refractivity contribution is 7.99. The lowest BCUT2D eigenvalue weighted by molar-refractivity contribution is -0.207. The number of ether oxygens (including phenoxy) is 4. The normalized spacial score (nSPS) is 22.3. The van der Waals surface area contributed by atoms with Gasteiger partial charge in [0, 0.05) is 0 Å². The van der Waals surface area contributed by atoms with Crippen molar-refractivity contribution < 1.29 is 37.5 Å². The van der Waals surface area contributed by atoms with Gasteiger partial charge in [-0.3, -0.25) is 0 Å². The van der Waals surface area contributed by atoms with Gasteiger partial charge < -0.3 is 18.9 Å². The number of nitrogens with one attached hydrogen (secondary N) is 1. The van der Waals surface area contributed by atoms with Crippen LogP contribution in [0.25, 0.3) is 0 Å². The molecule has 1 aliphatic heterocycles. The predicted molar refractivity (Wildman–Crippen MR) is 197 cm³/mol. The summed E-state index contributed by atoms with van der Waals surface area (Å²) in [5.74, 6) is -1.96. The van der Waals surface area contributed by atoms with Crippen LogP contribution in [-0.4, -0.2) is 68.5 Å². The number of hydrogen-bond acceptors (Lipinski definition) is 9. The van der Waals surface area contributed by atoms with E-state index in [2.05, 4.69) is 17.9 Å². The Bertz CT molecular complexity index is 1610. The van der Waals surface area contributed by atoms with E-state index < -0.39 is 69.5 Å². The van der Waals surface area contributed by atoms with Gasteiger partial charge in [-0.2, -0.15) is 0 Å². The number of carbonyl (C=O) groups is 3. The summed E-state index contributed by atoms with van der Waals surface area (Å²) >= 11 is 1.34. The van der Waals surface area contributed by atoms with Crippen LogP contribution in [0.4, 0.5) is 0 Å². The van der Waals surface area contributed by atoms with Crippen LogP contribution in [-0.2, 0) is 29.9 Å². The Kier molecular flexibility index (Phi) is 14.2. The van der Waals surface area contributed by atoms with Crippen LogP contribution in [0.2, 0.25) is 0 Å². The molecule has 1 saturated heterocycles. The molecule has 11 heteroatoms. The van der Waals surface area contributed by atoms with Crippen LogP contribution in [0, 0.1) is 5.92 Å².